The van der Waals surface area contributed by atoms with Gasteiger partial charge in [-0.2, -0.15) is 0 Å². The molecule has 0 saturated carbocycles. The second kappa shape index (κ2) is 11.0. The van der Waals surface area contributed by atoms with Crippen LogP contribution in [0, 0.1) is 5.82 Å². The first-order valence-electron chi connectivity index (χ1n) is 9.47. The molecule has 150 valence electrons. The molecule has 0 radical (unpaired) electrons. The highest BCUT2D eigenvalue weighted by molar-refractivity contribution is 9.10. The van der Waals surface area contributed by atoms with Crippen molar-refractivity contribution < 1.29 is 14.0 Å². The van der Waals surface area contributed by atoms with Crippen molar-refractivity contribution in [3.05, 3.63) is 69.9 Å². The molecule has 1 N–H and O–H groups in total. The van der Waals surface area contributed by atoms with Gasteiger partial charge in [-0.1, -0.05) is 59.6 Å². The van der Waals surface area contributed by atoms with Crippen molar-refractivity contribution in [1.82, 2.24) is 10.2 Å². The number of amides is 2. The van der Waals surface area contributed by atoms with Crippen LogP contribution < -0.4 is 5.32 Å². The molecule has 4 nitrogen and oxygen atoms in total. The van der Waals surface area contributed by atoms with E-state index in [1.54, 1.807) is 25.1 Å². The second-order valence-corrected chi connectivity index (χ2v) is 7.66. The standard InChI is InChI=1S/C22H26BrFN2O2/c1-3-4-12-25-22(28)16(2)26(15-17-8-7-10-19(23)13-17)21(27)14-18-9-5-6-11-20(18)24/h5-11,13,16H,3-4,12,14-15H2,1-2H3,(H,25,28)/t16-/m0/s1. The van der Waals surface area contributed by atoms with E-state index in [0.29, 0.717) is 12.1 Å². The van der Waals surface area contributed by atoms with Crippen molar-refractivity contribution in [3.8, 4) is 0 Å². The lowest BCUT2D eigenvalue weighted by molar-refractivity contribution is -0.140. The van der Waals surface area contributed by atoms with Crippen LogP contribution in [-0.4, -0.2) is 29.3 Å². The van der Waals surface area contributed by atoms with E-state index in [4.69, 9.17) is 0 Å². The third-order valence-electron chi connectivity index (χ3n) is 4.54. The van der Waals surface area contributed by atoms with Crippen molar-refractivity contribution in [3.63, 3.8) is 0 Å². The summed E-state index contributed by atoms with van der Waals surface area (Å²) in [6.45, 7) is 4.60. The highest BCUT2D eigenvalue weighted by atomic mass is 79.9. The largest absolute Gasteiger partial charge is 0.354 e. The van der Waals surface area contributed by atoms with Gasteiger partial charge in [-0.05, 0) is 42.7 Å². The summed E-state index contributed by atoms with van der Waals surface area (Å²) in [4.78, 5) is 27.1. The Kier molecular flexibility index (Phi) is 8.64. The molecule has 0 bridgehead atoms. The van der Waals surface area contributed by atoms with Crippen molar-refractivity contribution in [2.75, 3.05) is 6.54 Å². The third-order valence-corrected chi connectivity index (χ3v) is 5.03. The first-order valence-corrected chi connectivity index (χ1v) is 10.3. The Bertz CT molecular complexity index is 813. The Balaban J connectivity index is 2.20. The summed E-state index contributed by atoms with van der Waals surface area (Å²) in [7, 11) is 0. The molecule has 0 heterocycles. The molecule has 0 spiro atoms. The van der Waals surface area contributed by atoms with Crippen molar-refractivity contribution in [1.29, 1.82) is 0 Å². The molecular weight excluding hydrogens is 423 g/mol. The molecule has 2 aromatic rings. The number of nitrogens with one attached hydrogen (secondary N) is 1. The van der Waals surface area contributed by atoms with Gasteiger partial charge in [0.05, 0.1) is 6.42 Å². The number of carbonyl (C=O) groups is 2. The quantitative estimate of drug-likeness (QED) is 0.575. The summed E-state index contributed by atoms with van der Waals surface area (Å²) in [6.07, 6.45) is 1.77. The number of carbonyl (C=O) groups excluding carboxylic acids is 2. The average Bonchev–Trinajstić information content (AvgIpc) is 2.67. The van der Waals surface area contributed by atoms with E-state index in [0.717, 1.165) is 22.9 Å². The van der Waals surface area contributed by atoms with Gasteiger partial charge in [0, 0.05) is 17.6 Å². The summed E-state index contributed by atoms with van der Waals surface area (Å²) < 4.78 is 14.9. The number of hydrogen-bond acceptors (Lipinski definition) is 2. The van der Waals surface area contributed by atoms with Crippen LogP contribution in [0.2, 0.25) is 0 Å². The lowest BCUT2D eigenvalue weighted by atomic mass is 10.1. The van der Waals surface area contributed by atoms with Crippen molar-refractivity contribution >= 4 is 27.7 Å². The van der Waals surface area contributed by atoms with E-state index in [1.165, 1.54) is 11.0 Å². The minimum atomic E-state index is -0.657. The van der Waals surface area contributed by atoms with E-state index in [2.05, 4.69) is 21.2 Å². The Morgan fingerprint density at radius 1 is 1.18 bits per heavy atom. The van der Waals surface area contributed by atoms with Crippen LogP contribution in [0.15, 0.2) is 53.0 Å². The van der Waals surface area contributed by atoms with E-state index >= 15 is 0 Å². The topological polar surface area (TPSA) is 49.4 Å². The zero-order chi connectivity index (χ0) is 20.5. The fourth-order valence-corrected chi connectivity index (χ4v) is 3.30. The molecule has 2 aromatic carbocycles. The molecule has 2 rings (SSSR count). The number of benzene rings is 2. The molecule has 0 saturated heterocycles. The van der Waals surface area contributed by atoms with Gasteiger partial charge in [-0.25, -0.2) is 4.39 Å². The molecule has 0 fully saturated rings. The molecule has 0 unspecified atom stereocenters. The van der Waals surface area contributed by atoms with E-state index in [1.807, 2.05) is 31.2 Å². The molecule has 0 aliphatic carbocycles. The van der Waals surface area contributed by atoms with Crippen LogP contribution in [0.1, 0.15) is 37.8 Å². The maximum atomic E-state index is 14.0. The Morgan fingerprint density at radius 3 is 2.61 bits per heavy atom. The maximum absolute atomic E-state index is 14.0. The molecular formula is C22H26BrFN2O2. The van der Waals surface area contributed by atoms with Gasteiger partial charge >= 0.3 is 0 Å². The van der Waals surface area contributed by atoms with Gasteiger partial charge in [0.15, 0.2) is 0 Å². The third kappa shape index (κ3) is 6.44. The molecule has 2 amide bonds. The van der Waals surface area contributed by atoms with Crippen molar-refractivity contribution in [2.45, 2.75) is 45.7 Å². The first kappa shape index (κ1) is 22.1. The Morgan fingerprint density at radius 2 is 1.93 bits per heavy atom. The molecule has 0 aliphatic heterocycles. The minimum Gasteiger partial charge on any atom is -0.354 e. The van der Waals surface area contributed by atoms with Crippen molar-refractivity contribution in [2.24, 2.45) is 0 Å². The lowest BCUT2D eigenvalue weighted by Gasteiger charge is -2.29. The molecule has 1 atom stereocenters. The molecule has 28 heavy (non-hydrogen) atoms. The molecule has 6 heteroatoms. The van der Waals surface area contributed by atoms with Crippen LogP contribution in [-0.2, 0) is 22.6 Å². The number of nitrogens with zero attached hydrogens (tertiary/aromatic N) is 1. The summed E-state index contributed by atoms with van der Waals surface area (Å²) in [5.41, 5.74) is 1.22. The normalized spacial score (nSPS) is 11.7. The second-order valence-electron chi connectivity index (χ2n) is 6.74. The van der Waals surface area contributed by atoms with Crippen LogP contribution in [0.25, 0.3) is 0 Å². The predicted octanol–water partition coefficient (Wildman–Crippen LogP) is 4.46. The molecule has 0 aromatic heterocycles. The van der Waals surface area contributed by atoms with Gasteiger partial charge in [-0.3, -0.25) is 9.59 Å². The van der Waals surface area contributed by atoms with Gasteiger partial charge in [0.25, 0.3) is 0 Å². The first-order chi connectivity index (χ1) is 13.4. The Labute approximate surface area is 174 Å². The van der Waals surface area contributed by atoms with E-state index < -0.39 is 11.9 Å². The van der Waals surface area contributed by atoms with E-state index in [-0.39, 0.29) is 24.8 Å². The SMILES string of the molecule is CCCCNC(=O)[C@H](C)N(Cc1cccc(Br)c1)C(=O)Cc1ccccc1F. The summed E-state index contributed by atoms with van der Waals surface area (Å²) in [5.74, 6) is -0.910. The van der Waals surface area contributed by atoms with Crippen LogP contribution in [0.4, 0.5) is 4.39 Å². The van der Waals surface area contributed by atoms with Crippen LogP contribution in [0.5, 0.6) is 0 Å². The fraction of sp³-hybridized carbons (Fsp3) is 0.364. The monoisotopic (exact) mass is 448 g/mol. The van der Waals surface area contributed by atoms with Gasteiger partial charge < -0.3 is 10.2 Å². The van der Waals surface area contributed by atoms with E-state index in [9.17, 15) is 14.0 Å². The lowest BCUT2D eigenvalue weighted by Crippen LogP contribution is -2.48. The summed E-state index contributed by atoms with van der Waals surface area (Å²) >= 11 is 3.43. The fourth-order valence-electron chi connectivity index (χ4n) is 2.86. The maximum Gasteiger partial charge on any atom is 0.242 e. The summed E-state index contributed by atoms with van der Waals surface area (Å²) in [5, 5.41) is 2.87. The summed E-state index contributed by atoms with van der Waals surface area (Å²) in [6, 6.07) is 13.1. The number of unbranched alkanes of at least 4 members (excludes halogenated alkanes) is 1. The number of hydrogen-bond donors (Lipinski definition) is 1. The smallest absolute Gasteiger partial charge is 0.242 e. The van der Waals surface area contributed by atoms with Crippen LogP contribution in [0.3, 0.4) is 0 Å². The Hall–Kier alpha value is -2.21. The number of rotatable bonds is 9. The minimum absolute atomic E-state index is 0.0900. The number of halogens is 2. The zero-order valence-corrected chi connectivity index (χ0v) is 17.8. The average molecular weight is 449 g/mol. The highest BCUT2D eigenvalue weighted by Crippen LogP contribution is 2.17. The van der Waals surface area contributed by atoms with Gasteiger partial charge in [-0.15, -0.1) is 0 Å². The highest BCUT2D eigenvalue weighted by Gasteiger charge is 2.26. The van der Waals surface area contributed by atoms with Gasteiger partial charge in [0.1, 0.15) is 11.9 Å². The van der Waals surface area contributed by atoms with Gasteiger partial charge in [0.2, 0.25) is 11.8 Å². The zero-order valence-electron chi connectivity index (χ0n) is 16.3. The predicted molar refractivity (Wildman–Crippen MR) is 112 cm³/mol. The molecule has 0 aliphatic rings. The van der Waals surface area contributed by atoms with Crippen LogP contribution >= 0.6 is 15.9 Å².